The van der Waals surface area contributed by atoms with Crippen LogP contribution in [0, 0.1) is 0 Å². The van der Waals surface area contributed by atoms with Crippen LogP contribution >= 0.6 is 11.6 Å². The number of carbonyl (C=O) groups excluding carboxylic acids is 1. The number of morpholine rings is 1. The van der Waals surface area contributed by atoms with Crippen molar-refractivity contribution < 1.29 is 22.7 Å². The van der Waals surface area contributed by atoms with Crippen molar-refractivity contribution in [3.63, 3.8) is 0 Å². The molecule has 3 rings (SSSR count). The molecule has 1 saturated heterocycles. The zero-order chi connectivity index (χ0) is 18.7. The molecule has 1 N–H and O–H groups in total. The van der Waals surface area contributed by atoms with Crippen molar-refractivity contribution >= 4 is 29.1 Å². The first kappa shape index (κ1) is 18.4. The highest BCUT2D eigenvalue weighted by Gasteiger charge is 2.31. The number of aromatic nitrogens is 2. The van der Waals surface area contributed by atoms with Gasteiger partial charge in [-0.2, -0.15) is 13.2 Å². The maximum atomic E-state index is 12.9. The molecule has 6 nitrogen and oxygen atoms in total. The molecule has 1 amide bonds. The molecule has 0 unspecified atom stereocenters. The largest absolute Gasteiger partial charge is 0.416 e. The summed E-state index contributed by atoms with van der Waals surface area (Å²) >= 11 is 5.95. The Morgan fingerprint density at radius 2 is 1.96 bits per heavy atom. The van der Waals surface area contributed by atoms with Crippen molar-refractivity contribution in [1.82, 2.24) is 14.9 Å². The molecule has 0 radical (unpaired) electrons. The molecule has 1 fully saturated rings. The van der Waals surface area contributed by atoms with Crippen molar-refractivity contribution in [3.05, 3.63) is 46.7 Å². The number of nitrogens with zero attached hydrogens (tertiary/aromatic N) is 3. The highest BCUT2D eigenvalue weighted by molar-refractivity contribution is 6.33. The molecular weight excluding hydrogens is 373 g/mol. The summed E-state index contributed by atoms with van der Waals surface area (Å²) in [6, 6.07) is 4.32. The number of halogens is 4. The van der Waals surface area contributed by atoms with E-state index in [1.165, 1.54) is 12.3 Å². The zero-order valence-corrected chi connectivity index (χ0v) is 14.1. The second-order valence-electron chi connectivity index (χ2n) is 5.49. The fourth-order valence-corrected chi connectivity index (χ4v) is 2.55. The van der Waals surface area contributed by atoms with Crippen LogP contribution in [-0.4, -0.2) is 47.1 Å². The van der Waals surface area contributed by atoms with Crippen molar-refractivity contribution in [2.45, 2.75) is 6.18 Å². The average Bonchev–Trinajstić information content (AvgIpc) is 2.63. The van der Waals surface area contributed by atoms with Crippen molar-refractivity contribution in [3.8, 4) is 0 Å². The number of anilines is 2. The summed E-state index contributed by atoms with van der Waals surface area (Å²) in [5.41, 5.74) is -0.727. The molecule has 2 heterocycles. The second kappa shape index (κ2) is 7.46. The van der Waals surface area contributed by atoms with Gasteiger partial charge in [0.05, 0.1) is 29.5 Å². The van der Waals surface area contributed by atoms with Gasteiger partial charge in [0.2, 0.25) is 5.95 Å². The monoisotopic (exact) mass is 386 g/mol. The van der Waals surface area contributed by atoms with E-state index in [0.717, 1.165) is 18.2 Å². The molecule has 1 aromatic heterocycles. The van der Waals surface area contributed by atoms with Crippen LogP contribution < -0.4 is 5.32 Å². The molecule has 1 aliphatic rings. The van der Waals surface area contributed by atoms with Gasteiger partial charge in [-0.3, -0.25) is 4.79 Å². The SMILES string of the molecule is O=C(c1ccnc(Nc2cc(C(F)(F)F)ccc2Cl)n1)N1CCOCC1. The lowest BCUT2D eigenvalue weighted by Gasteiger charge is -2.26. The minimum atomic E-state index is -4.50. The Morgan fingerprint density at radius 1 is 1.23 bits per heavy atom. The summed E-state index contributed by atoms with van der Waals surface area (Å²) in [6.45, 7) is 1.79. The molecule has 1 aromatic carbocycles. The van der Waals surface area contributed by atoms with Crippen LogP contribution in [0.15, 0.2) is 30.5 Å². The van der Waals surface area contributed by atoms with Crippen LogP contribution in [0.5, 0.6) is 0 Å². The first-order valence-corrected chi connectivity index (χ1v) is 8.06. The molecule has 10 heteroatoms. The molecule has 2 aromatic rings. The van der Waals surface area contributed by atoms with Gasteiger partial charge < -0.3 is 15.0 Å². The summed E-state index contributed by atoms with van der Waals surface area (Å²) in [5.74, 6) is -0.320. The second-order valence-corrected chi connectivity index (χ2v) is 5.89. The molecule has 26 heavy (non-hydrogen) atoms. The van der Waals surface area contributed by atoms with Crippen LogP contribution in [0.2, 0.25) is 5.02 Å². The Morgan fingerprint density at radius 3 is 2.65 bits per heavy atom. The Labute approximate surface area is 151 Å². The number of nitrogens with one attached hydrogen (secondary N) is 1. The van der Waals surface area contributed by atoms with Gasteiger partial charge in [-0.25, -0.2) is 9.97 Å². The first-order chi connectivity index (χ1) is 12.3. The van der Waals surface area contributed by atoms with E-state index >= 15 is 0 Å². The first-order valence-electron chi connectivity index (χ1n) is 7.68. The molecule has 0 spiro atoms. The van der Waals surface area contributed by atoms with Crippen molar-refractivity contribution in [1.29, 1.82) is 0 Å². The molecule has 0 atom stereocenters. The fourth-order valence-electron chi connectivity index (χ4n) is 2.38. The molecular formula is C16H14ClF3N4O2. The number of ether oxygens (including phenoxy) is 1. The summed E-state index contributed by atoms with van der Waals surface area (Å²) in [7, 11) is 0. The minimum Gasteiger partial charge on any atom is -0.378 e. The summed E-state index contributed by atoms with van der Waals surface area (Å²) in [6.07, 6.45) is -3.15. The van der Waals surface area contributed by atoms with Gasteiger partial charge in [0.25, 0.3) is 5.91 Å². The normalized spacial score (nSPS) is 15.0. The number of amides is 1. The number of rotatable bonds is 3. The lowest BCUT2D eigenvalue weighted by atomic mass is 10.2. The van der Waals surface area contributed by atoms with Gasteiger partial charge >= 0.3 is 6.18 Å². The van der Waals surface area contributed by atoms with Crippen LogP contribution in [-0.2, 0) is 10.9 Å². The quantitative estimate of drug-likeness (QED) is 0.876. The number of hydrogen-bond acceptors (Lipinski definition) is 5. The van der Waals surface area contributed by atoms with Crippen LogP contribution in [0.3, 0.4) is 0 Å². The third kappa shape index (κ3) is 4.23. The molecule has 1 aliphatic heterocycles. The van der Waals surface area contributed by atoms with E-state index in [2.05, 4.69) is 15.3 Å². The average molecular weight is 387 g/mol. The number of benzene rings is 1. The van der Waals surface area contributed by atoms with E-state index < -0.39 is 11.7 Å². The predicted octanol–water partition coefficient (Wildman–Crippen LogP) is 3.36. The van der Waals surface area contributed by atoms with E-state index in [1.807, 2.05) is 0 Å². The van der Waals surface area contributed by atoms with E-state index in [0.29, 0.717) is 26.3 Å². The van der Waals surface area contributed by atoms with E-state index in [-0.39, 0.29) is 28.3 Å². The van der Waals surface area contributed by atoms with Gasteiger partial charge in [0.1, 0.15) is 5.69 Å². The van der Waals surface area contributed by atoms with Crippen molar-refractivity contribution in [2.75, 3.05) is 31.6 Å². The number of alkyl halides is 3. The highest BCUT2D eigenvalue weighted by atomic mass is 35.5. The van der Waals surface area contributed by atoms with Crippen LogP contribution in [0.4, 0.5) is 24.8 Å². The van der Waals surface area contributed by atoms with E-state index in [1.54, 1.807) is 4.90 Å². The lowest BCUT2D eigenvalue weighted by molar-refractivity contribution is -0.137. The Kier molecular flexibility index (Phi) is 5.28. The topological polar surface area (TPSA) is 67.4 Å². The van der Waals surface area contributed by atoms with Gasteiger partial charge in [0, 0.05) is 19.3 Å². The highest BCUT2D eigenvalue weighted by Crippen LogP contribution is 2.34. The molecule has 138 valence electrons. The van der Waals surface area contributed by atoms with E-state index in [4.69, 9.17) is 16.3 Å². The lowest BCUT2D eigenvalue weighted by Crippen LogP contribution is -2.41. The minimum absolute atomic E-state index is 0.00235. The molecule has 0 bridgehead atoms. The van der Waals surface area contributed by atoms with Gasteiger partial charge in [-0.05, 0) is 24.3 Å². The summed E-state index contributed by atoms with van der Waals surface area (Å²) in [4.78, 5) is 22.0. The number of hydrogen-bond donors (Lipinski definition) is 1. The van der Waals surface area contributed by atoms with Gasteiger partial charge in [-0.15, -0.1) is 0 Å². The summed E-state index contributed by atoms with van der Waals surface area (Å²) < 4.78 is 43.7. The standard InChI is InChI=1S/C16H14ClF3N4O2/c17-11-2-1-10(16(18,19)20)9-13(11)23-15-21-4-3-12(22-15)14(25)24-5-7-26-8-6-24/h1-4,9H,5-8H2,(H,21,22,23). The van der Waals surface area contributed by atoms with Crippen LogP contribution in [0.25, 0.3) is 0 Å². The Hall–Kier alpha value is -2.39. The maximum Gasteiger partial charge on any atom is 0.416 e. The fraction of sp³-hybridized carbons (Fsp3) is 0.312. The number of carbonyl (C=O) groups is 1. The Bertz CT molecular complexity index is 810. The van der Waals surface area contributed by atoms with Gasteiger partial charge in [0.15, 0.2) is 0 Å². The zero-order valence-electron chi connectivity index (χ0n) is 13.4. The van der Waals surface area contributed by atoms with Crippen LogP contribution in [0.1, 0.15) is 16.1 Å². The molecule has 0 aliphatic carbocycles. The van der Waals surface area contributed by atoms with Crippen molar-refractivity contribution in [2.24, 2.45) is 0 Å². The van der Waals surface area contributed by atoms with Gasteiger partial charge in [-0.1, -0.05) is 11.6 Å². The Balaban J connectivity index is 1.82. The predicted molar refractivity (Wildman–Crippen MR) is 88.5 cm³/mol. The van der Waals surface area contributed by atoms with E-state index in [9.17, 15) is 18.0 Å². The third-order valence-electron chi connectivity index (χ3n) is 3.71. The summed E-state index contributed by atoms with van der Waals surface area (Å²) in [5, 5.41) is 2.71. The molecule has 0 saturated carbocycles. The smallest absolute Gasteiger partial charge is 0.378 e. The maximum absolute atomic E-state index is 12.9. The third-order valence-corrected chi connectivity index (χ3v) is 4.04.